The Hall–Kier alpha value is -2.50. The number of halogens is 1. The van der Waals surface area contributed by atoms with Gasteiger partial charge in [0.2, 0.25) is 0 Å². The summed E-state index contributed by atoms with van der Waals surface area (Å²) < 4.78 is 14.9. The largest absolute Gasteiger partial charge is 0.329 e. The second-order valence-electron chi connectivity index (χ2n) is 6.16. The predicted octanol–water partition coefficient (Wildman–Crippen LogP) is 3.03. The van der Waals surface area contributed by atoms with Crippen LogP contribution in [0.3, 0.4) is 0 Å². The lowest BCUT2D eigenvalue weighted by atomic mass is 10.2. The molecule has 3 aromatic rings. The number of aromatic nitrogens is 2. The molecule has 0 amide bonds. The van der Waals surface area contributed by atoms with Gasteiger partial charge >= 0.3 is 0 Å². The molecule has 0 atom stereocenters. The number of rotatable bonds is 8. The highest BCUT2D eigenvalue weighted by Gasteiger charge is 2.08. The number of nitrogens with two attached hydrogens (primary N) is 1. The van der Waals surface area contributed by atoms with Crippen molar-refractivity contribution in [3.8, 4) is 0 Å². The van der Waals surface area contributed by atoms with Crippen molar-refractivity contribution >= 4 is 0 Å². The topological polar surface area (TPSA) is 47.1 Å². The minimum absolute atomic E-state index is 0.219. The fraction of sp³-hybridized carbons (Fsp3) is 0.250. The third-order valence-corrected chi connectivity index (χ3v) is 4.05. The first-order chi connectivity index (χ1) is 12.2. The minimum Gasteiger partial charge on any atom is -0.329 e. The van der Waals surface area contributed by atoms with E-state index in [1.165, 1.54) is 17.7 Å². The highest BCUT2D eigenvalue weighted by molar-refractivity contribution is 5.17. The Kier molecular flexibility index (Phi) is 5.93. The number of benzene rings is 2. The van der Waals surface area contributed by atoms with E-state index in [0.29, 0.717) is 13.1 Å². The average Bonchev–Trinajstić information content (AvgIpc) is 3.05. The van der Waals surface area contributed by atoms with E-state index in [1.807, 2.05) is 23.1 Å². The Morgan fingerprint density at radius 2 is 1.64 bits per heavy atom. The molecule has 0 aliphatic rings. The van der Waals surface area contributed by atoms with Gasteiger partial charge in [0.05, 0.1) is 12.7 Å². The van der Waals surface area contributed by atoms with Crippen LogP contribution in [0.2, 0.25) is 0 Å². The van der Waals surface area contributed by atoms with E-state index in [9.17, 15) is 4.39 Å². The van der Waals surface area contributed by atoms with E-state index >= 15 is 0 Å². The maximum absolute atomic E-state index is 13.0. The molecule has 0 fully saturated rings. The smallest absolute Gasteiger partial charge is 0.123 e. The van der Waals surface area contributed by atoms with E-state index in [4.69, 9.17) is 5.73 Å². The molecule has 0 saturated carbocycles. The van der Waals surface area contributed by atoms with E-state index in [1.54, 1.807) is 12.1 Å². The van der Waals surface area contributed by atoms with Gasteiger partial charge in [-0.05, 0) is 23.3 Å². The van der Waals surface area contributed by atoms with Gasteiger partial charge < -0.3 is 5.73 Å². The molecule has 0 bridgehead atoms. The monoisotopic (exact) mass is 338 g/mol. The van der Waals surface area contributed by atoms with Crippen LogP contribution in [0, 0.1) is 5.82 Å². The summed E-state index contributed by atoms with van der Waals surface area (Å²) in [6, 6.07) is 16.9. The molecule has 2 aromatic carbocycles. The fourth-order valence-electron chi connectivity index (χ4n) is 2.85. The molecule has 2 N–H and O–H groups in total. The van der Waals surface area contributed by atoms with Gasteiger partial charge in [-0.1, -0.05) is 42.5 Å². The summed E-state index contributed by atoms with van der Waals surface area (Å²) in [5, 5.41) is 4.42. The van der Waals surface area contributed by atoms with Crippen LogP contribution in [-0.2, 0) is 19.6 Å². The Labute approximate surface area is 147 Å². The second kappa shape index (κ2) is 8.55. The summed E-state index contributed by atoms with van der Waals surface area (Å²) in [7, 11) is 0. The summed E-state index contributed by atoms with van der Waals surface area (Å²) in [6.07, 6.45) is 3.93. The Morgan fingerprint density at radius 1 is 0.920 bits per heavy atom. The van der Waals surface area contributed by atoms with Crippen LogP contribution in [0.4, 0.5) is 4.39 Å². The van der Waals surface area contributed by atoms with Gasteiger partial charge in [0, 0.05) is 37.9 Å². The first kappa shape index (κ1) is 17.3. The van der Waals surface area contributed by atoms with Crippen molar-refractivity contribution in [2.75, 3.05) is 13.1 Å². The summed E-state index contributed by atoms with van der Waals surface area (Å²) in [5.74, 6) is -0.219. The SMILES string of the molecule is NCCN(Cc1ccccc1)Cc1cnn(Cc2ccc(F)cc2)c1. The Bertz CT molecular complexity index is 768. The second-order valence-corrected chi connectivity index (χ2v) is 6.16. The van der Waals surface area contributed by atoms with E-state index in [-0.39, 0.29) is 5.82 Å². The van der Waals surface area contributed by atoms with Gasteiger partial charge in [0.1, 0.15) is 5.82 Å². The van der Waals surface area contributed by atoms with Gasteiger partial charge in [0.15, 0.2) is 0 Å². The summed E-state index contributed by atoms with van der Waals surface area (Å²) in [4.78, 5) is 2.31. The van der Waals surface area contributed by atoms with Crippen molar-refractivity contribution in [2.45, 2.75) is 19.6 Å². The van der Waals surface area contributed by atoms with Crippen molar-refractivity contribution in [3.63, 3.8) is 0 Å². The lowest BCUT2D eigenvalue weighted by Crippen LogP contribution is -2.28. The molecule has 0 aliphatic heterocycles. The highest BCUT2D eigenvalue weighted by atomic mass is 19.1. The van der Waals surface area contributed by atoms with E-state index < -0.39 is 0 Å². The van der Waals surface area contributed by atoms with Crippen molar-refractivity contribution in [3.05, 3.63) is 89.5 Å². The van der Waals surface area contributed by atoms with E-state index in [0.717, 1.165) is 30.8 Å². The normalized spacial score (nSPS) is 11.2. The van der Waals surface area contributed by atoms with Crippen LogP contribution < -0.4 is 5.73 Å². The van der Waals surface area contributed by atoms with Crippen LogP contribution >= 0.6 is 0 Å². The maximum Gasteiger partial charge on any atom is 0.123 e. The maximum atomic E-state index is 13.0. The van der Waals surface area contributed by atoms with Crippen molar-refractivity contribution < 1.29 is 4.39 Å². The van der Waals surface area contributed by atoms with Crippen LogP contribution in [0.1, 0.15) is 16.7 Å². The number of hydrogen-bond acceptors (Lipinski definition) is 3. The number of hydrogen-bond donors (Lipinski definition) is 1. The standard InChI is InChI=1S/C20H23FN4/c21-20-8-6-18(7-9-20)15-25-16-19(12-23-25)14-24(11-10-22)13-17-4-2-1-3-5-17/h1-9,12,16H,10-11,13-15,22H2. The molecule has 25 heavy (non-hydrogen) atoms. The highest BCUT2D eigenvalue weighted by Crippen LogP contribution is 2.11. The molecule has 5 heteroatoms. The zero-order chi connectivity index (χ0) is 17.5. The summed E-state index contributed by atoms with van der Waals surface area (Å²) in [6.45, 7) is 3.75. The van der Waals surface area contributed by atoms with Gasteiger partial charge in [-0.15, -0.1) is 0 Å². The molecule has 3 rings (SSSR count). The van der Waals surface area contributed by atoms with Crippen LogP contribution in [-0.4, -0.2) is 27.8 Å². The van der Waals surface area contributed by atoms with Crippen LogP contribution in [0.15, 0.2) is 67.0 Å². The third kappa shape index (κ3) is 5.24. The van der Waals surface area contributed by atoms with Gasteiger partial charge in [-0.2, -0.15) is 5.10 Å². The summed E-state index contributed by atoms with van der Waals surface area (Å²) in [5.41, 5.74) is 9.21. The molecule has 1 aromatic heterocycles. The zero-order valence-electron chi connectivity index (χ0n) is 14.2. The predicted molar refractivity (Wildman–Crippen MR) is 97.3 cm³/mol. The van der Waals surface area contributed by atoms with E-state index in [2.05, 4.69) is 34.3 Å². The van der Waals surface area contributed by atoms with Crippen LogP contribution in [0.5, 0.6) is 0 Å². The first-order valence-electron chi connectivity index (χ1n) is 8.45. The molecule has 130 valence electrons. The fourth-order valence-corrected chi connectivity index (χ4v) is 2.85. The minimum atomic E-state index is -0.219. The lowest BCUT2D eigenvalue weighted by molar-refractivity contribution is 0.264. The van der Waals surface area contributed by atoms with Gasteiger partial charge in [-0.25, -0.2) is 4.39 Å². The Balaban J connectivity index is 1.62. The first-order valence-corrected chi connectivity index (χ1v) is 8.45. The molecule has 0 spiro atoms. The summed E-state index contributed by atoms with van der Waals surface area (Å²) >= 11 is 0. The van der Waals surface area contributed by atoms with Crippen molar-refractivity contribution in [1.29, 1.82) is 0 Å². The molecule has 0 aliphatic carbocycles. The molecule has 0 radical (unpaired) electrons. The van der Waals surface area contributed by atoms with Crippen molar-refractivity contribution in [1.82, 2.24) is 14.7 Å². The average molecular weight is 338 g/mol. The number of nitrogens with zero attached hydrogens (tertiary/aromatic N) is 3. The Morgan fingerprint density at radius 3 is 2.36 bits per heavy atom. The molecular formula is C20H23FN4. The lowest BCUT2D eigenvalue weighted by Gasteiger charge is -2.20. The van der Waals surface area contributed by atoms with Gasteiger partial charge in [0.25, 0.3) is 0 Å². The third-order valence-electron chi connectivity index (χ3n) is 4.05. The molecule has 1 heterocycles. The molecule has 0 saturated heterocycles. The zero-order valence-corrected chi connectivity index (χ0v) is 14.2. The van der Waals surface area contributed by atoms with Crippen molar-refractivity contribution in [2.24, 2.45) is 5.73 Å². The van der Waals surface area contributed by atoms with Crippen LogP contribution in [0.25, 0.3) is 0 Å². The quantitative estimate of drug-likeness (QED) is 0.687. The molecule has 4 nitrogen and oxygen atoms in total. The van der Waals surface area contributed by atoms with Gasteiger partial charge in [-0.3, -0.25) is 9.58 Å². The molecule has 0 unspecified atom stereocenters. The molecular weight excluding hydrogens is 315 g/mol.